The van der Waals surface area contributed by atoms with Crippen LogP contribution < -0.4 is 0 Å². The van der Waals surface area contributed by atoms with Crippen LogP contribution in [0, 0.1) is 0 Å². The number of hydrogen-bond donors (Lipinski definition) is 3. The van der Waals surface area contributed by atoms with Crippen molar-refractivity contribution in [3.63, 3.8) is 0 Å². The first-order valence-corrected chi connectivity index (χ1v) is 4.81. The zero-order valence-corrected chi connectivity index (χ0v) is 6.53. The van der Waals surface area contributed by atoms with Crippen molar-refractivity contribution < 1.29 is 13.7 Å². The van der Waals surface area contributed by atoms with E-state index < -0.39 is 10.9 Å². The number of halogens is 1. The minimum Gasteiger partial charge on any atom is -0.308 e. The predicted octanol–water partition coefficient (Wildman–Crippen LogP) is 2.23. The average molecular weight is 175 g/mol. The summed E-state index contributed by atoms with van der Waals surface area (Å²) in [4.78, 5) is 0. The van der Waals surface area contributed by atoms with Crippen molar-refractivity contribution in [2.45, 2.75) is 12.8 Å². The largest absolute Gasteiger partial charge is 0.308 e. The highest BCUT2D eigenvalue weighted by atomic mass is 35.5. The molecule has 0 saturated heterocycles. The Morgan fingerprint density at radius 1 is 1.11 bits per heavy atom. The molecular weight excluding hydrogens is 164 g/mol. The van der Waals surface area contributed by atoms with Gasteiger partial charge in [-0.25, -0.2) is 0 Å². The van der Waals surface area contributed by atoms with Gasteiger partial charge in [0.05, 0.1) is 10.9 Å². The van der Waals surface area contributed by atoms with Crippen molar-refractivity contribution in [3.05, 3.63) is 0 Å². The van der Waals surface area contributed by atoms with Gasteiger partial charge in [-0.15, -0.1) is 11.6 Å². The van der Waals surface area contributed by atoms with Gasteiger partial charge in [0.25, 0.3) is 0 Å². The number of alkyl halides is 1. The Hall–Kier alpha value is 0.520. The van der Waals surface area contributed by atoms with Gasteiger partial charge in [-0.3, -0.25) is 0 Å². The Morgan fingerprint density at radius 3 is 2.00 bits per heavy atom. The summed E-state index contributed by atoms with van der Waals surface area (Å²) in [5.41, 5.74) is 0. The lowest BCUT2D eigenvalue weighted by Gasteiger charge is -2.17. The molecule has 0 rings (SSSR count). The van der Waals surface area contributed by atoms with Crippen molar-refractivity contribution in [2.24, 2.45) is 0 Å². The van der Waals surface area contributed by atoms with Crippen LogP contribution in [-0.2, 0) is 0 Å². The maximum Gasteiger partial charge on any atom is 0.0810 e. The topological polar surface area (TPSA) is 60.7 Å². The maximum absolute atomic E-state index is 8.40. The second-order valence-corrected chi connectivity index (χ2v) is 3.78. The van der Waals surface area contributed by atoms with Crippen molar-refractivity contribution in [1.29, 1.82) is 0 Å². The van der Waals surface area contributed by atoms with Gasteiger partial charge < -0.3 is 13.7 Å². The van der Waals surface area contributed by atoms with Gasteiger partial charge in [-0.2, -0.15) is 0 Å². The number of rotatable bonds is 4. The highest BCUT2D eigenvalue weighted by Gasteiger charge is 2.08. The van der Waals surface area contributed by atoms with Crippen LogP contribution in [-0.4, -0.2) is 25.3 Å². The van der Waals surface area contributed by atoms with Crippen LogP contribution in [0.4, 0.5) is 0 Å². The van der Waals surface area contributed by atoms with Crippen molar-refractivity contribution in [2.75, 3.05) is 11.6 Å². The molecule has 0 aliphatic rings. The highest BCUT2D eigenvalue weighted by Crippen LogP contribution is 2.33. The molecule has 0 radical (unpaired) electrons. The third-order valence-electron chi connectivity index (χ3n) is 0.802. The van der Waals surface area contributed by atoms with E-state index in [2.05, 4.69) is 0 Å². The lowest BCUT2D eigenvalue weighted by atomic mass is 10.4. The summed E-state index contributed by atoms with van der Waals surface area (Å²) in [5, 5.41) is 0. The first kappa shape index (κ1) is 9.52. The molecule has 5 heteroatoms. The van der Waals surface area contributed by atoms with Crippen LogP contribution >= 0.6 is 22.5 Å². The summed E-state index contributed by atoms with van der Waals surface area (Å²) in [6, 6.07) is 0. The monoisotopic (exact) mass is 174 g/mol. The van der Waals surface area contributed by atoms with E-state index in [4.69, 9.17) is 25.3 Å². The Morgan fingerprint density at radius 2 is 1.67 bits per heavy atom. The van der Waals surface area contributed by atoms with E-state index in [9.17, 15) is 0 Å². The molecule has 3 N–H and O–H groups in total. The van der Waals surface area contributed by atoms with Gasteiger partial charge >= 0.3 is 0 Å². The first-order valence-electron chi connectivity index (χ1n) is 2.60. The molecular formula is C4H11ClO3S. The number of unbranched alkanes of at least 4 members (excludes halogenated alkanes) is 1. The Labute approximate surface area is 61.2 Å². The van der Waals surface area contributed by atoms with Crippen molar-refractivity contribution in [3.8, 4) is 0 Å². The van der Waals surface area contributed by atoms with E-state index in [1.54, 1.807) is 0 Å². The molecule has 9 heavy (non-hydrogen) atoms. The van der Waals surface area contributed by atoms with Crippen LogP contribution in [0.3, 0.4) is 0 Å². The third-order valence-corrected chi connectivity index (χ3v) is 1.91. The molecule has 0 aliphatic carbocycles. The maximum atomic E-state index is 8.40. The highest BCUT2D eigenvalue weighted by molar-refractivity contribution is 8.19. The minimum atomic E-state index is -3.26. The second-order valence-electron chi connectivity index (χ2n) is 1.73. The van der Waals surface area contributed by atoms with Crippen molar-refractivity contribution >= 4 is 22.5 Å². The predicted molar refractivity (Wildman–Crippen MR) is 40.3 cm³/mol. The molecule has 0 amide bonds. The van der Waals surface area contributed by atoms with Gasteiger partial charge in [0.2, 0.25) is 0 Å². The molecule has 0 heterocycles. The summed E-state index contributed by atoms with van der Waals surface area (Å²) in [6.07, 6.45) is 1.26. The molecule has 0 aromatic heterocycles. The molecule has 0 saturated carbocycles. The molecule has 0 aliphatic heterocycles. The molecule has 58 valence electrons. The van der Waals surface area contributed by atoms with E-state index in [1.807, 2.05) is 0 Å². The van der Waals surface area contributed by atoms with E-state index in [0.717, 1.165) is 0 Å². The SMILES string of the molecule is OS(O)(O)CCCCCl. The fraction of sp³-hybridized carbons (Fsp3) is 1.00. The van der Waals surface area contributed by atoms with Crippen LogP contribution in [0.2, 0.25) is 0 Å². The zero-order chi connectivity index (χ0) is 7.33. The molecule has 0 aromatic rings. The van der Waals surface area contributed by atoms with Gasteiger partial charge in [0.1, 0.15) is 0 Å². The van der Waals surface area contributed by atoms with E-state index >= 15 is 0 Å². The summed E-state index contributed by atoms with van der Waals surface area (Å²) in [7, 11) is -3.26. The van der Waals surface area contributed by atoms with Gasteiger partial charge in [0, 0.05) is 11.6 Å². The van der Waals surface area contributed by atoms with E-state index in [-0.39, 0.29) is 5.75 Å². The fourth-order valence-corrected chi connectivity index (χ4v) is 1.17. The molecule has 0 atom stereocenters. The first-order chi connectivity index (χ1) is 4.06. The molecule has 0 bridgehead atoms. The Bertz CT molecular complexity index is 72.7. The summed E-state index contributed by atoms with van der Waals surface area (Å²) < 4.78 is 25.2. The molecule has 0 fully saturated rings. The Balaban J connectivity index is 3.07. The van der Waals surface area contributed by atoms with Crippen molar-refractivity contribution in [1.82, 2.24) is 0 Å². The van der Waals surface area contributed by atoms with Gasteiger partial charge in [-0.1, -0.05) is 0 Å². The van der Waals surface area contributed by atoms with Crippen LogP contribution in [0.5, 0.6) is 0 Å². The van der Waals surface area contributed by atoms with E-state index in [0.29, 0.717) is 18.7 Å². The quantitative estimate of drug-likeness (QED) is 0.453. The summed E-state index contributed by atoms with van der Waals surface area (Å²) in [5.74, 6) is 0.537. The summed E-state index contributed by atoms with van der Waals surface area (Å²) in [6.45, 7) is 0. The normalized spacial score (nSPS) is 13.8. The van der Waals surface area contributed by atoms with Crippen LogP contribution in [0.25, 0.3) is 0 Å². The summed E-state index contributed by atoms with van der Waals surface area (Å²) >= 11 is 5.29. The minimum absolute atomic E-state index is 0.0414. The second kappa shape index (κ2) is 4.35. The standard InChI is InChI=1S/C4H11ClO3S/c5-3-1-2-4-9(6,7)8/h6-8H,1-4H2. The van der Waals surface area contributed by atoms with E-state index in [1.165, 1.54) is 0 Å². The van der Waals surface area contributed by atoms with Gasteiger partial charge in [0.15, 0.2) is 0 Å². The lowest BCUT2D eigenvalue weighted by Crippen LogP contribution is -2.00. The average Bonchev–Trinajstić information content (AvgIpc) is 1.63. The molecule has 0 spiro atoms. The molecule has 3 nitrogen and oxygen atoms in total. The Kier molecular flexibility index (Phi) is 4.61. The smallest absolute Gasteiger partial charge is 0.0810 e. The zero-order valence-electron chi connectivity index (χ0n) is 4.96. The van der Waals surface area contributed by atoms with Crippen LogP contribution in [0.1, 0.15) is 12.8 Å². The third kappa shape index (κ3) is 8.52. The number of hydrogen-bond acceptors (Lipinski definition) is 3. The van der Waals surface area contributed by atoms with Gasteiger partial charge in [-0.05, 0) is 12.8 Å². The van der Waals surface area contributed by atoms with Crippen LogP contribution in [0.15, 0.2) is 0 Å². The fourth-order valence-electron chi connectivity index (χ4n) is 0.390. The lowest BCUT2D eigenvalue weighted by molar-refractivity contribution is 0.374. The molecule has 0 aromatic carbocycles. The molecule has 0 unspecified atom stereocenters.